The Morgan fingerprint density at radius 3 is 2.67 bits per heavy atom. The average Bonchev–Trinajstić information content (AvgIpc) is 2.47. The molecule has 0 bridgehead atoms. The Balaban J connectivity index is 1.90. The second kappa shape index (κ2) is 7.61. The Kier molecular flexibility index (Phi) is 6.08. The number of hydrogen-bond donors (Lipinski definition) is 1. The Hall–Kier alpha value is -0.590. The highest BCUT2D eigenvalue weighted by atomic mass is 16.5. The van der Waals surface area contributed by atoms with Crippen LogP contribution in [0.25, 0.3) is 0 Å². The molecule has 0 aromatic heterocycles. The third-order valence-corrected chi connectivity index (χ3v) is 5.18. The fraction of sp³-hybridized carbons (Fsp3) is 0.944. The summed E-state index contributed by atoms with van der Waals surface area (Å²) in [7, 11) is 0. The van der Waals surface area contributed by atoms with Crippen molar-refractivity contribution < 1.29 is 4.74 Å². The standard InChI is InChI=1S/C18H32N2O/c1-4-15-7-5-8-16(11-15)21-17-9-6-10-18(12-17,13-19)20-14(2)3/h14-17,20H,4-12H2,1-3H3. The summed E-state index contributed by atoms with van der Waals surface area (Å²) in [6.07, 6.45) is 11.1. The van der Waals surface area contributed by atoms with Crippen LogP contribution >= 0.6 is 0 Å². The van der Waals surface area contributed by atoms with Gasteiger partial charge in [0.25, 0.3) is 0 Å². The smallest absolute Gasteiger partial charge is 0.109 e. The van der Waals surface area contributed by atoms with Crippen LogP contribution in [0.3, 0.4) is 0 Å². The summed E-state index contributed by atoms with van der Waals surface area (Å²) in [4.78, 5) is 0. The number of hydrogen-bond acceptors (Lipinski definition) is 3. The van der Waals surface area contributed by atoms with Crippen LogP contribution in [0, 0.1) is 17.2 Å². The first-order valence-corrected chi connectivity index (χ1v) is 8.91. The highest BCUT2D eigenvalue weighted by molar-refractivity contribution is 5.10. The minimum atomic E-state index is -0.365. The van der Waals surface area contributed by atoms with Crippen molar-refractivity contribution >= 4 is 0 Å². The molecule has 4 atom stereocenters. The molecule has 2 rings (SSSR count). The summed E-state index contributed by atoms with van der Waals surface area (Å²) >= 11 is 0. The number of rotatable bonds is 5. The molecule has 0 heterocycles. The van der Waals surface area contributed by atoms with E-state index >= 15 is 0 Å². The number of nitrogens with zero attached hydrogens (tertiary/aromatic N) is 1. The maximum Gasteiger partial charge on any atom is 0.109 e. The molecule has 0 aromatic rings. The lowest BCUT2D eigenvalue weighted by molar-refractivity contribution is -0.0652. The predicted molar refractivity (Wildman–Crippen MR) is 86.0 cm³/mol. The van der Waals surface area contributed by atoms with Crippen molar-refractivity contribution in [2.45, 2.75) is 102 Å². The molecule has 2 aliphatic rings. The molecule has 2 fully saturated rings. The Morgan fingerprint density at radius 2 is 2.00 bits per heavy atom. The van der Waals surface area contributed by atoms with Crippen molar-refractivity contribution in [3.8, 4) is 6.07 Å². The molecule has 0 amide bonds. The van der Waals surface area contributed by atoms with Gasteiger partial charge in [-0.1, -0.05) is 26.2 Å². The number of ether oxygens (including phenoxy) is 1. The van der Waals surface area contributed by atoms with E-state index in [4.69, 9.17) is 4.74 Å². The minimum Gasteiger partial charge on any atom is -0.375 e. The van der Waals surface area contributed by atoms with Gasteiger partial charge in [-0.2, -0.15) is 5.26 Å². The Bertz CT molecular complexity index is 363. The van der Waals surface area contributed by atoms with Gasteiger partial charge in [-0.25, -0.2) is 0 Å². The summed E-state index contributed by atoms with van der Waals surface area (Å²) in [6, 6.07) is 2.89. The third kappa shape index (κ3) is 4.69. The first kappa shape index (κ1) is 16.8. The van der Waals surface area contributed by atoms with Crippen molar-refractivity contribution in [3.63, 3.8) is 0 Å². The zero-order valence-electron chi connectivity index (χ0n) is 14.0. The Morgan fingerprint density at radius 1 is 1.24 bits per heavy atom. The molecule has 0 radical (unpaired) electrons. The second-order valence-corrected chi connectivity index (χ2v) is 7.41. The SMILES string of the molecule is CCC1CCCC(OC2CCCC(C#N)(NC(C)C)C2)C1. The normalized spacial score (nSPS) is 37.4. The molecule has 0 saturated heterocycles. The topological polar surface area (TPSA) is 45.0 Å². The Labute approximate surface area is 130 Å². The van der Waals surface area contributed by atoms with Crippen molar-refractivity contribution in [3.05, 3.63) is 0 Å². The molecule has 1 N–H and O–H groups in total. The van der Waals surface area contributed by atoms with Crippen LogP contribution < -0.4 is 5.32 Å². The molecule has 21 heavy (non-hydrogen) atoms. The van der Waals surface area contributed by atoms with E-state index in [0.717, 1.165) is 31.6 Å². The van der Waals surface area contributed by atoms with Crippen LogP contribution in [0.15, 0.2) is 0 Å². The van der Waals surface area contributed by atoms with E-state index in [9.17, 15) is 5.26 Å². The maximum absolute atomic E-state index is 9.63. The van der Waals surface area contributed by atoms with E-state index in [1.54, 1.807) is 0 Å². The molecular weight excluding hydrogens is 260 g/mol. The highest BCUT2D eigenvalue weighted by Gasteiger charge is 2.38. The fourth-order valence-corrected chi connectivity index (χ4v) is 4.17. The van der Waals surface area contributed by atoms with Gasteiger partial charge in [-0.15, -0.1) is 0 Å². The van der Waals surface area contributed by atoms with E-state index in [0.29, 0.717) is 12.1 Å². The molecule has 3 heteroatoms. The van der Waals surface area contributed by atoms with E-state index in [1.165, 1.54) is 32.1 Å². The molecular formula is C18H32N2O. The highest BCUT2D eigenvalue weighted by Crippen LogP contribution is 2.34. The van der Waals surface area contributed by atoms with Gasteiger partial charge in [-0.05, 0) is 51.9 Å². The monoisotopic (exact) mass is 292 g/mol. The van der Waals surface area contributed by atoms with Gasteiger partial charge in [0.2, 0.25) is 0 Å². The maximum atomic E-state index is 9.63. The van der Waals surface area contributed by atoms with E-state index in [1.807, 2.05) is 0 Å². The van der Waals surface area contributed by atoms with Gasteiger partial charge in [0.1, 0.15) is 5.54 Å². The van der Waals surface area contributed by atoms with Gasteiger partial charge in [-0.3, -0.25) is 5.32 Å². The lowest BCUT2D eigenvalue weighted by atomic mass is 9.80. The summed E-state index contributed by atoms with van der Waals surface area (Å²) in [6.45, 7) is 6.54. The van der Waals surface area contributed by atoms with E-state index in [2.05, 4.69) is 32.2 Å². The molecule has 0 spiro atoms. The van der Waals surface area contributed by atoms with Crippen LogP contribution in [0.2, 0.25) is 0 Å². The third-order valence-electron chi connectivity index (χ3n) is 5.18. The molecule has 120 valence electrons. The lowest BCUT2D eigenvalue weighted by Crippen LogP contribution is -2.52. The molecule has 0 aliphatic heterocycles. The zero-order valence-corrected chi connectivity index (χ0v) is 14.0. The van der Waals surface area contributed by atoms with Crippen molar-refractivity contribution in [2.24, 2.45) is 5.92 Å². The van der Waals surface area contributed by atoms with Crippen molar-refractivity contribution in [1.82, 2.24) is 5.32 Å². The second-order valence-electron chi connectivity index (χ2n) is 7.41. The van der Waals surface area contributed by atoms with Crippen molar-refractivity contribution in [1.29, 1.82) is 5.26 Å². The van der Waals surface area contributed by atoms with Gasteiger partial charge >= 0.3 is 0 Å². The van der Waals surface area contributed by atoms with Crippen molar-refractivity contribution in [2.75, 3.05) is 0 Å². The van der Waals surface area contributed by atoms with Gasteiger partial charge < -0.3 is 4.74 Å². The quantitative estimate of drug-likeness (QED) is 0.827. The first-order valence-electron chi connectivity index (χ1n) is 8.91. The summed E-state index contributed by atoms with van der Waals surface area (Å²) in [5.74, 6) is 0.849. The van der Waals surface area contributed by atoms with E-state index < -0.39 is 0 Å². The predicted octanol–water partition coefficient (Wildman–Crippen LogP) is 4.17. The van der Waals surface area contributed by atoms with Crippen LogP contribution in [0.5, 0.6) is 0 Å². The first-order chi connectivity index (χ1) is 10.1. The van der Waals surface area contributed by atoms with Crippen LogP contribution in [0.1, 0.15) is 78.6 Å². The fourth-order valence-electron chi connectivity index (χ4n) is 4.17. The lowest BCUT2D eigenvalue weighted by Gasteiger charge is -2.40. The average molecular weight is 292 g/mol. The van der Waals surface area contributed by atoms with Crippen LogP contribution in [0.4, 0.5) is 0 Å². The number of nitriles is 1. The molecule has 2 saturated carbocycles. The molecule has 4 unspecified atom stereocenters. The summed E-state index contributed by atoms with van der Waals surface area (Å²) in [5, 5.41) is 13.1. The van der Waals surface area contributed by atoms with E-state index in [-0.39, 0.29) is 11.6 Å². The number of nitrogens with one attached hydrogen (secondary N) is 1. The largest absolute Gasteiger partial charge is 0.375 e. The summed E-state index contributed by atoms with van der Waals surface area (Å²) in [5.41, 5.74) is -0.365. The van der Waals surface area contributed by atoms with Gasteiger partial charge in [0, 0.05) is 12.5 Å². The molecule has 0 aromatic carbocycles. The zero-order chi connectivity index (χ0) is 15.3. The molecule has 3 nitrogen and oxygen atoms in total. The van der Waals surface area contributed by atoms with Crippen LogP contribution in [-0.2, 0) is 4.74 Å². The molecule has 2 aliphatic carbocycles. The summed E-state index contributed by atoms with van der Waals surface area (Å²) < 4.78 is 6.41. The van der Waals surface area contributed by atoms with Crippen LogP contribution in [-0.4, -0.2) is 23.8 Å². The van der Waals surface area contributed by atoms with Gasteiger partial charge in [0.15, 0.2) is 0 Å². The van der Waals surface area contributed by atoms with Gasteiger partial charge in [0.05, 0.1) is 18.3 Å². The minimum absolute atomic E-state index is 0.269.